The molecule has 0 saturated carbocycles. The molecule has 0 atom stereocenters. The van der Waals surface area contributed by atoms with Crippen LogP contribution in [0.2, 0.25) is 0 Å². The van der Waals surface area contributed by atoms with Crippen LogP contribution in [0.1, 0.15) is 37.7 Å². The van der Waals surface area contributed by atoms with Crippen molar-refractivity contribution in [2.75, 3.05) is 0 Å². The van der Waals surface area contributed by atoms with Gasteiger partial charge in [-0.25, -0.2) is 4.42 Å². The minimum absolute atomic E-state index is 0.0178. The van der Waals surface area contributed by atoms with E-state index < -0.39 is 7.25 Å². The summed E-state index contributed by atoms with van der Waals surface area (Å²) >= 11 is 0. The Morgan fingerprint density at radius 3 is 2.00 bits per heavy atom. The zero-order chi connectivity index (χ0) is 20.5. The van der Waals surface area contributed by atoms with Crippen molar-refractivity contribution in [2.45, 2.75) is 32.6 Å². The van der Waals surface area contributed by atoms with Gasteiger partial charge >= 0.3 is 18.8 Å². The van der Waals surface area contributed by atoms with E-state index in [0.29, 0.717) is 0 Å². The van der Waals surface area contributed by atoms with E-state index in [2.05, 4.69) is 81.4 Å². The van der Waals surface area contributed by atoms with Gasteiger partial charge in [-0.1, -0.05) is 48.5 Å². The highest BCUT2D eigenvalue weighted by Crippen LogP contribution is 2.44. The fraction of sp³-hybridized carbons (Fsp3) is 0.227. The minimum Gasteiger partial charge on any atom is -0.418 e. The Balaban J connectivity index is 0.000000403. The van der Waals surface area contributed by atoms with Crippen LogP contribution in [0, 0.1) is 0 Å². The van der Waals surface area contributed by atoms with Crippen molar-refractivity contribution in [1.29, 1.82) is 0 Å². The summed E-state index contributed by atoms with van der Waals surface area (Å²) in [7, 11) is -6.00. The molecule has 1 aromatic heterocycles. The summed E-state index contributed by atoms with van der Waals surface area (Å²) in [5, 5.41) is 0. The predicted octanol–water partition coefficient (Wildman–Crippen LogP) is 7.40. The van der Waals surface area contributed by atoms with Crippen molar-refractivity contribution in [1.82, 2.24) is 0 Å². The second-order valence-electron chi connectivity index (χ2n) is 7.78. The van der Waals surface area contributed by atoms with E-state index in [0.717, 1.165) is 17.9 Å². The molecule has 0 radical (unpaired) electrons. The Bertz CT molecular complexity index is 970. The molecule has 1 aliphatic rings. The zero-order valence-corrected chi connectivity index (χ0v) is 16.0. The molecule has 146 valence electrons. The number of halogens is 4. The number of rotatable bonds is 1. The topological polar surface area (TPSA) is 11.3 Å². The first-order valence-electron chi connectivity index (χ1n) is 9.05. The molecule has 0 spiro atoms. The lowest BCUT2D eigenvalue weighted by Crippen LogP contribution is -2.11. The molecule has 4 rings (SSSR count). The molecule has 2 aromatic carbocycles. The van der Waals surface area contributed by atoms with E-state index in [-0.39, 0.29) is 5.41 Å². The van der Waals surface area contributed by atoms with Gasteiger partial charge in [0.05, 0.1) is 16.5 Å². The number of benzene rings is 2. The predicted molar refractivity (Wildman–Crippen MR) is 106 cm³/mol. The standard InChI is InChI=1S/C22H21O.BF4/c1-22(2,3)20-14-18(15-9-5-4-6-10-15)19-13-16-11-7-8-12-17(16)21(19)23-20;2-1(3,4)5/h4-12,14H,13H2,1-3H3;/q+1;-1. The fourth-order valence-electron chi connectivity index (χ4n) is 3.27. The fourth-order valence-corrected chi connectivity index (χ4v) is 3.27. The molecule has 1 nitrogen and oxygen atoms in total. The van der Waals surface area contributed by atoms with Gasteiger partial charge in [0.15, 0.2) is 0 Å². The average molecular weight is 388 g/mol. The Morgan fingerprint density at radius 1 is 0.821 bits per heavy atom. The van der Waals surface area contributed by atoms with Crippen LogP contribution in [-0.2, 0) is 11.8 Å². The molecule has 0 amide bonds. The summed E-state index contributed by atoms with van der Waals surface area (Å²) in [6.45, 7) is 6.61. The molecule has 0 N–H and O–H groups in total. The highest BCUT2D eigenvalue weighted by Gasteiger charge is 2.37. The molecule has 0 unspecified atom stereocenters. The summed E-state index contributed by atoms with van der Waals surface area (Å²) in [6, 6.07) is 21.5. The Kier molecular flexibility index (Phi) is 5.33. The van der Waals surface area contributed by atoms with Gasteiger partial charge in [0.1, 0.15) is 0 Å². The van der Waals surface area contributed by atoms with Crippen molar-refractivity contribution in [2.24, 2.45) is 0 Å². The molecule has 0 fully saturated rings. The molecule has 28 heavy (non-hydrogen) atoms. The smallest absolute Gasteiger partial charge is 0.418 e. The van der Waals surface area contributed by atoms with E-state index >= 15 is 0 Å². The third-order valence-electron chi connectivity index (χ3n) is 4.54. The van der Waals surface area contributed by atoms with Gasteiger partial charge in [-0.15, -0.1) is 0 Å². The molecule has 0 saturated heterocycles. The number of hydrogen-bond donors (Lipinski definition) is 0. The minimum atomic E-state index is -6.00. The Labute approximate surface area is 162 Å². The lowest BCUT2D eigenvalue weighted by atomic mass is 9.89. The second kappa shape index (κ2) is 7.42. The van der Waals surface area contributed by atoms with Crippen LogP contribution in [-0.4, -0.2) is 7.25 Å². The first-order valence-corrected chi connectivity index (χ1v) is 9.05. The summed E-state index contributed by atoms with van der Waals surface area (Å²) in [4.78, 5) is 0. The Morgan fingerprint density at radius 2 is 1.39 bits per heavy atom. The van der Waals surface area contributed by atoms with Crippen molar-refractivity contribution in [3.63, 3.8) is 0 Å². The first-order chi connectivity index (χ1) is 13.0. The van der Waals surface area contributed by atoms with Gasteiger partial charge in [0, 0.05) is 18.1 Å². The van der Waals surface area contributed by atoms with Gasteiger partial charge in [-0.2, -0.15) is 0 Å². The maximum absolute atomic E-state index is 9.75. The van der Waals surface area contributed by atoms with Crippen LogP contribution in [0.25, 0.3) is 22.5 Å². The SMILES string of the molecule is CC(C)(C)c1cc(-c2ccccc2)c2c([o+]1)-c1ccccc1C2.F[B-](F)(F)F. The van der Waals surface area contributed by atoms with Gasteiger partial charge in [0.2, 0.25) is 0 Å². The highest BCUT2D eigenvalue weighted by atomic mass is 19.5. The van der Waals surface area contributed by atoms with E-state index in [1.54, 1.807) is 0 Å². The van der Waals surface area contributed by atoms with Gasteiger partial charge < -0.3 is 17.3 Å². The van der Waals surface area contributed by atoms with Crippen molar-refractivity contribution >= 4 is 7.25 Å². The van der Waals surface area contributed by atoms with Crippen LogP contribution in [0.15, 0.2) is 65.1 Å². The quantitative estimate of drug-likeness (QED) is 0.188. The third kappa shape index (κ3) is 4.61. The normalized spacial score (nSPS) is 12.7. The Hall–Kier alpha value is -2.63. The lowest BCUT2D eigenvalue weighted by Gasteiger charge is -2.12. The van der Waals surface area contributed by atoms with Crippen LogP contribution >= 0.6 is 0 Å². The summed E-state index contributed by atoms with van der Waals surface area (Å²) < 4.78 is 45.4. The number of hydrogen-bond acceptors (Lipinski definition) is 0. The van der Waals surface area contributed by atoms with E-state index in [1.807, 2.05) is 0 Å². The number of fused-ring (bicyclic) bond motifs is 3. The molecule has 3 aromatic rings. The van der Waals surface area contributed by atoms with Crippen LogP contribution in [0.3, 0.4) is 0 Å². The van der Waals surface area contributed by atoms with Crippen molar-refractivity contribution < 1.29 is 21.7 Å². The molecular formula is C22H21BF4O. The molecule has 0 bridgehead atoms. The van der Waals surface area contributed by atoms with Crippen LogP contribution in [0.4, 0.5) is 17.3 Å². The van der Waals surface area contributed by atoms with Crippen LogP contribution < -0.4 is 0 Å². The third-order valence-corrected chi connectivity index (χ3v) is 4.54. The summed E-state index contributed by atoms with van der Waals surface area (Å²) in [5.74, 6) is 2.08. The maximum atomic E-state index is 9.75. The van der Waals surface area contributed by atoms with E-state index in [4.69, 9.17) is 4.42 Å². The molecule has 0 aliphatic heterocycles. The largest absolute Gasteiger partial charge is 0.673 e. The average Bonchev–Trinajstić information content (AvgIpc) is 2.98. The highest BCUT2D eigenvalue weighted by molar-refractivity contribution is 6.50. The first kappa shape index (κ1) is 20.1. The summed E-state index contributed by atoms with van der Waals surface area (Å²) in [5.41, 5.74) is 6.45. The van der Waals surface area contributed by atoms with Crippen molar-refractivity contribution in [3.8, 4) is 22.5 Å². The molecule has 1 heterocycles. The lowest BCUT2D eigenvalue weighted by molar-refractivity contribution is 0.368. The maximum Gasteiger partial charge on any atom is 0.673 e. The molecule has 6 heteroatoms. The van der Waals surface area contributed by atoms with Gasteiger partial charge in [0.25, 0.3) is 0 Å². The van der Waals surface area contributed by atoms with Gasteiger partial charge in [-0.05, 0) is 38.0 Å². The van der Waals surface area contributed by atoms with E-state index in [1.165, 1.54) is 27.8 Å². The van der Waals surface area contributed by atoms with Crippen LogP contribution in [0.5, 0.6) is 0 Å². The monoisotopic (exact) mass is 388 g/mol. The zero-order valence-electron chi connectivity index (χ0n) is 16.0. The summed E-state index contributed by atoms with van der Waals surface area (Å²) in [6.07, 6.45) is 0.948. The van der Waals surface area contributed by atoms with E-state index in [9.17, 15) is 17.3 Å². The molecule has 1 aliphatic carbocycles. The van der Waals surface area contributed by atoms with Crippen molar-refractivity contribution in [3.05, 3.63) is 77.6 Å². The van der Waals surface area contributed by atoms with Gasteiger partial charge in [-0.3, -0.25) is 0 Å². The second-order valence-corrected chi connectivity index (χ2v) is 7.78. The molecular weight excluding hydrogens is 367 g/mol.